The van der Waals surface area contributed by atoms with Gasteiger partial charge in [-0.3, -0.25) is 0 Å². The molecule has 23 heavy (non-hydrogen) atoms. The summed E-state index contributed by atoms with van der Waals surface area (Å²) in [5.41, 5.74) is 9.01. The number of pyridine rings is 1. The molecule has 2 aromatic heterocycles. The van der Waals surface area contributed by atoms with Gasteiger partial charge in [0.15, 0.2) is 5.82 Å². The second kappa shape index (κ2) is 5.81. The lowest BCUT2D eigenvalue weighted by molar-refractivity contribution is 0.124. The molecule has 5 heteroatoms. The fourth-order valence-electron chi connectivity index (χ4n) is 2.85. The molecule has 0 unspecified atom stereocenters. The first kappa shape index (κ1) is 15.7. The van der Waals surface area contributed by atoms with E-state index in [1.54, 1.807) is 0 Å². The van der Waals surface area contributed by atoms with Gasteiger partial charge in [0.1, 0.15) is 17.9 Å². The molecule has 0 aliphatic heterocycles. The van der Waals surface area contributed by atoms with E-state index in [-0.39, 0.29) is 5.41 Å². The summed E-state index contributed by atoms with van der Waals surface area (Å²) in [6.07, 6.45) is 0. The zero-order valence-corrected chi connectivity index (χ0v) is 14.3. The van der Waals surface area contributed by atoms with Crippen molar-refractivity contribution in [2.45, 2.75) is 40.8 Å². The molecule has 3 rings (SSSR count). The van der Waals surface area contributed by atoms with E-state index in [2.05, 4.69) is 36.4 Å². The van der Waals surface area contributed by atoms with Gasteiger partial charge in [-0.25, -0.2) is 9.97 Å². The first-order valence-corrected chi connectivity index (χ1v) is 8.02. The number of rotatable bonds is 4. The highest BCUT2D eigenvalue weighted by Crippen LogP contribution is 2.31. The van der Waals surface area contributed by atoms with Gasteiger partial charge in [-0.2, -0.15) is 0 Å². The largest absolute Gasteiger partial charge is 0.382 e. The molecule has 0 radical (unpaired) electrons. The van der Waals surface area contributed by atoms with Crippen molar-refractivity contribution in [3.05, 3.63) is 30.1 Å². The van der Waals surface area contributed by atoms with Crippen LogP contribution in [0.1, 0.15) is 33.5 Å². The Kier molecular flexibility index (Phi) is 3.98. The number of para-hydroxylation sites is 1. The third kappa shape index (κ3) is 3.01. The van der Waals surface area contributed by atoms with E-state index in [9.17, 15) is 0 Å². The number of nitrogen functional groups attached to an aromatic ring is 1. The molecule has 0 spiro atoms. The average Bonchev–Trinajstić information content (AvgIpc) is 2.83. The molecule has 2 heterocycles. The number of aromatic nitrogens is 3. The van der Waals surface area contributed by atoms with E-state index < -0.39 is 0 Å². The van der Waals surface area contributed by atoms with Crippen molar-refractivity contribution >= 4 is 27.8 Å². The quantitative estimate of drug-likeness (QED) is 0.797. The van der Waals surface area contributed by atoms with Gasteiger partial charge in [-0.1, -0.05) is 39.0 Å². The van der Waals surface area contributed by atoms with Gasteiger partial charge < -0.3 is 15.0 Å². The number of fused-ring (bicyclic) bond motifs is 3. The lowest BCUT2D eigenvalue weighted by atomic mass is 9.96. The topological polar surface area (TPSA) is 66.0 Å². The SMILES string of the molecule is CCOCc1nc2c(N)nc3ccccc3c2n1CC(C)(C)C. The molecule has 0 fully saturated rings. The molecule has 0 atom stereocenters. The smallest absolute Gasteiger partial charge is 0.152 e. The predicted octanol–water partition coefficient (Wildman–Crippen LogP) is 3.75. The molecule has 1 aromatic carbocycles. The minimum Gasteiger partial charge on any atom is -0.382 e. The number of nitrogens with zero attached hydrogens (tertiary/aromatic N) is 3. The molecule has 0 saturated heterocycles. The third-order valence-electron chi connectivity index (χ3n) is 3.76. The van der Waals surface area contributed by atoms with Gasteiger partial charge in [0.2, 0.25) is 0 Å². The molecule has 3 aromatic rings. The summed E-state index contributed by atoms with van der Waals surface area (Å²) < 4.78 is 7.85. The fourth-order valence-corrected chi connectivity index (χ4v) is 2.85. The Morgan fingerprint density at radius 1 is 1.17 bits per heavy atom. The highest BCUT2D eigenvalue weighted by molar-refractivity contribution is 6.06. The van der Waals surface area contributed by atoms with Crippen LogP contribution in [0, 0.1) is 5.41 Å². The number of hydrogen-bond donors (Lipinski definition) is 1. The number of nitrogens with two attached hydrogens (primary N) is 1. The molecule has 0 saturated carbocycles. The molecule has 0 amide bonds. The summed E-state index contributed by atoms with van der Waals surface area (Å²) in [6.45, 7) is 10.6. The first-order chi connectivity index (χ1) is 10.9. The Balaban J connectivity index is 2.32. The number of anilines is 1. The van der Waals surface area contributed by atoms with Crippen molar-refractivity contribution in [2.75, 3.05) is 12.3 Å². The highest BCUT2D eigenvalue weighted by Gasteiger charge is 2.21. The third-order valence-corrected chi connectivity index (χ3v) is 3.76. The minimum atomic E-state index is 0.119. The zero-order valence-electron chi connectivity index (χ0n) is 14.3. The van der Waals surface area contributed by atoms with Gasteiger partial charge >= 0.3 is 0 Å². The Bertz CT molecular complexity index is 845. The summed E-state index contributed by atoms with van der Waals surface area (Å²) in [7, 11) is 0. The Labute approximate surface area is 136 Å². The van der Waals surface area contributed by atoms with Crippen LogP contribution in [0.25, 0.3) is 21.9 Å². The van der Waals surface area contributed by atoms with Gasteiger partial charge in [0.25, 0.3) is 0 Å². The number of hydrogen-bond acceptors (Lipinski definition) is 4. The number of benzene rings is 1. The van der Waals surface area contributed by atoms with E-state index >= 15 is 0 Å². The normalized spacial score (nSPS) is 12.3. The van der Waals surface area contributed by atoms with Gasteiger partial charge in [0, 0.05) is 18.5 Å². The van der Waals surface area contributed by atoms with Crippen molar-refractivity contribution in [1.29, 1.82) is 0 Å². The summed E-state index contributed by atoms with van der Waals surface area (Å²) in [6, 6.07) is 8.07. The van der Waals surface area contributed by atoms with Crippen LogP contribution in [-0.2, 0) is 17.9 Å². The summed E-state index contributed by atoms with van der Waals surface area (Å²) >= 11 is 0. The fraction of sp³-hybridized carbons (Fsp3) is 0.444. The van der Waals surface area contributed by atoms with Gasteiger partial charge in [0.05, 0.1) is 11.0 Å². The summed E-state index contributed by atoms with van der Waals surface area (Å²) in [5.74, 6) is 1.38. The molecule has 0 aliphatic carbocycles. The maximum atomic E-state index is 6.17. The van der Waals surface area contributed by atoms with E-state index in [0.717, 1.165) is 34.3 Å². The Hall–Kier alpha value is -2.14. The van der Waals surface area contributed by atoms with Crippen LogP contribution >= 0.6 is 0 Å². The van der Waals surface area contributed by atoms with Crippen molar-refractivity contribution in [3.63, 3.8) is 0 Å². The van der Waals surface area contributed by atoms with Crippen LogP contribution in [-0.4, -0.2) is 21.1 Å². The molecular formula is C18H24N4O. The van der Waals surface area contributed by atoms with Gasteiger partial charge in [-0.15, -0.1) is 0 Å². The van der Waals surface area contributed by atoms with Crippen LogP contribution in [0.5, 0.6) is 0 Å². The Morgan fingerprint density at radius 2 is 1.91 bits per heavy atom. The summed E-state index contributed by atoms with van der Waals surface area (Å²) in [4.78, 5) is 9.23. The molecular weight excluding hydrogens is 288 g/mol. The lowest BCUT2D eigenvalue weighted by Gasteiger charge is -2.21. The number of ether oxygens (including phenoxy) is 1. The standard InChI is InChI=1S/C18H24N4O/c1-5-23-10-14-21-15-16(22(14)11-18(2,3)4)12-8-6-7-9-13(12)20-17(15)19/h6-9H,5,10-11H2,1-4H3,(H2,19,20). The molecule has 0 bridgehead atoms. The van der Waals surface area contributed by atoms with Crippen LogP contribution in [0.4, 0.5) is 5.82 Å². The van der Waals surface area contributed by atoms with Crippen molar-refractivity contribution in [3.8, 4) is 0 Å². The maximum absolute atomic E-state index is 6.17. The summed E-state index contributed by atoms with van der Waals surface area (Å²) in [5, 5.41) is 1.08. The van der Waals surface area contributed by atoms with E-state index in [4.69, 9.17) is 15.5 Å². The number of imidazole rings is 1. The van der Waals surface area contributed by atoms with Crippen molar-refractivity contribution in [2.24, 2.45) is 5.41 Å². The zero-order chi connectivity index (χ0) is 16.6. The van der Waals surface area contributed by atoms with Crippen LogP contribution in [0.15, 0.2) is 24.3 Å². The van der Waals surface area contributed by atoms with Crippen LogP contribution in [0.3, 0.4) is 0 Å². The molecule has 2 N–H and O–H groups in total. The second-order valence-corrected chi connectivity index (χ2v) is 7.02. The first-order valence-electron chi connectivity index (χ1n) is 8.02. The molecule has 5 nitrogen and oxygen atoms in total. The van der Waals surface area contributed by atoms with E-state index in [0.29, 0.717) is 19.0 Å². The monoisotopic (exact) mass is 312 g/mol. The van der Waals surface area contributed by atoms with Crippen molar-refractivity contribution in [1.82, 2.24) is 14.5 Å². The lowest BCUT2D eigenvalue weighted by Crippen LogP contribution is -2.18. The Morgan fingerprint density at radius 3 is 2.61 bits per heavy atom. The second-order valence-electron chi connectivity index (χ2n) is 7.02. The maximum Gasteiger partial charge on any atom is 0.152 e. The molecule has 0 aliphatic rings. The van der Waals surface area contributed by atoms with E-state index in [1.807, 2.05) is 25.1 Å². The van der Waals surface area contributed by atoms with E-state index in [1.165, 1.54) is 0 Å². The van der Waals surface area contributed by atoms with Gasteiger partial charge in [-0.05, 0) is 18.4 Å². The van der Waals surface area contributed by atoms with Crippen LogP contribution in [0.2, 0.25) is 0 Å². The highest BCUT2D eigenvalue weighted by atomic mass is 16.5. The average molecular weight is 312 g/mol. The molecule has 122 valence electrons. The predicted molar refractivity (Wildman–Crippen MR) is 94.2 cm³/mol. The van der Waals surface area contributed by atoms with Crippen LogP contribution < -0.4 is 5.73 Å². The van der Waals surface area contributed by atoms with Crippen molar-refractivity contribution < 1.29 is 4.74 Å². The minimum absolute atomic E-state index is 0.119.